The van der Waals surface area contributed by atoms with E-state index in [0.717, 1.165) is 12.1 Å². The Morgan fingerprint density at radius 1 is 1.23 bits per heavy atom. The van der Waals surface area contributed by atoms with E-state index < -0.39 is 43.9 Å². The Balaban J connectivity index is 3.54. The number of rotatable bonds is 8. The van der Waals surface area contributed by atoms with Gasteiger partial charge in [-0.05, 0) is 6.42 Å². The van der Waals surface area contributed by atoms with Crippen LogP contribution in [0.4, 0.5) is 17.1 Å². The van der Waals surface area contributed by atoms with Crippen LogP contribution in [0, 0.1) is 25.6 Å². The normalized spacial score (nSPS) is 11.2. The molecular weight excluding hydrogens is 350 g/mol. The molecule has 0 radical (unpaired) electrons. The van der Waals surface area contributed by atoms with Gasteiger partial charge in [-0.2, -0.15) is 0 Å². The highest BCUT2D eigenvalue weighted by molar-refractivity contribution is 6.11. The van der Waals surface area contributed by atoms with Crippen molar-refractivity contribution in [2.45, 2.75) is 27.2 Å². The van der Waals surface area contributed by atoms with Gasteiger partial charge in [0.2, 0.25) is 11.7 Å². The Morgan fingerprint density at radius 2 is 1.73 bits per heavy atom. The topological polar surface area (TPSA) is 162 Å². The van der Waals surface area contributed by atoms with E-state index in [1.54, 1.807) is 20.8 Å². The molecule has 0 fully saturated rings. The van der Waals surface area contributed by atoms with Crippen LogP contribution in [0.2, 0.25) is 0 Å². The summed E-state index contributed by atoms with van der Waals surface area (Å²) in [6, 6.07) is 1.72. The van der Waals surface area contributed by atoms with E-state index in [9.17, 15) is 29.8 Å². The third kappa shape index (κ3) is 4.60. The number of carbonyl (C=O) groups is 2. The van der Waals surface area contributed by atoms with Crippen LogP contribution in [-0.4, -0.2) is 26.8 Å². The Hall–Kier alpha value is -3.34. The third-order valence-corrected chi connectivity index (χ3v) is 3.77. The van der Waals surface area contributed by atoms with Crippen LogP contribution in [0.25, 0.3) is 0 Å². The van der Waals surface area contributed by atoms with Crippen molar-refractivity contribution in [1.29, 1.82) is 0 Å². The molecule has 1 aromatic carbocycles. The average Bonchev–Trinajstić information content (AvgIpc) is 2.58. The van der Waals surface area contributed by atoms with Gasteiger partial charge < -0.3 is 10.2 Å². The van der Waals surface area contributed by atoms with Crippen LogP contribution in [0.1, 0.15) is 37.6 Å². The van der Waals surface area contributed by atoms with Crippen molar-refractivity contribution in [2.75, 3.05) is 5.32 Å². The summed E-state index contributed by atoms with van der Waals surface area (Å²) >= 11 is 0. The monoisotopic (exact) mass is 367 g/mol. The summed E-state index contributed by atoms with van der Waals surface area (Å²) < 4.78 is 0. The van der Waals surface area contributed by atoms with E-state index in [0.29, 0.717) is 18.8 Å². The maximum Gasteiger partial charge on any atom is 0.289 e. The fourth-order valence-electron chi connectivity index (χ4n) is 1.86. The van der Waals surface area contributed by atoms with Gasteiger partial charge in [0.05, 0.1) is 15.5 Å². The lowest BCUT2D eigenvalue weighted by Gasteiger charge is -2.21. The first-order valence-corrected chi connectivity index (χ1v) is 7.34. The minimum Gasteiger partial charge on any atom is -0.348 e. The number of hydrogen-bond acceptors (Lipinski definition) is 8. The number of benzene rings is 1. The molecule has 1 amide bonds. The minimum absolute atomic E-state index is 0.186. The first-order chi connectivity index (χ1) is 12.0. The minimum atomic E-state index is -1.12. The molecule has 1 aromatic rings. The summed E-state index contributed by atoms with van der Waals surface area (Å²) in [6.45, 7) is 5.05. The molecule has 0 aliphatic heterocycles. The zero-order chi connectivity index (χ0) is 20.1. The van der Waals surface area contributed by atoms with Gasteiger partial charge in [0.1, 0.15) is 6.26 Å². The van der Waals surface area contributed by atoms with E-state index >= 15 is 0 Å². The lowest BCUT2D eigenvalue weighted by atomic mass is 9.89. The standard InChI is InChI=1S/C15H17N3O8/c1-4-15(2,3)14(20)16-9-7-10(17(21)22)13(11(8-9)18(23)24)12(19)5-6-26-25/h5-8,25H,4H2,1-3H3,(H,16,20)/b6-5-. The zero-order valence-corrected chi connectivity index (χ0v) is 14.2. The van der Waals surface area contributed by atoms with Crippen molar-refractivity contribution in [1.82, 2.24) is 0 Å². The molecule has 0 heterocycles. The number of amides is 1. The Labute approximate surface area is 147 Å². The summed E-state index contributed by atoms with van der Waals surface area (Å²) in [5, 5.41) is 33.2. The first kappa shape index (κ1) is 20.7. The number of hydrogen-bond donors (Lipinski definition) is 2. The van der Waals surface area contributed by atoms with E-state index in [-0.39, 0.29) is 5.69 Å². The molecule has 0 aliphatic rings. The predicted molar refractivity (Wildman–Crippen MR) is 89.6 cm³/mol. The predicted octanol–water partition coefficient (Wildman–Crippen LogP) is 3.06. The first-order valence-electron chi connectivity index (χ1n) is 7.34. The van der Waals surface area contributed by atoms with Crippen molar-refractivity contribution >= 4 is 28.8 Å². The molecule has 2 N–H and O–H groups in total. The van der Waals surface area contributed by atoms with Gasteiger partial charge in [0.15, 0.2) is 5.56 Å². The molecule has 0 bridgehead atoms. The molecule has 0 saturated heterocycles. The van der Waals surface area contributed by atoms with Crippen molar-refractivity contribution in [3.05, 3.63) is 50.3 Å². The molecule has 11 nitrogen and oxygen atoms in total. The second-order valence-corrected chi connectivity index (χ2v) is 5.87. The molecule has 0 aromatic heterocycles. The third-order valence-electron chi connectivity index (χ3n) is 3.77. The summed E-state index contributed by atoms with van der Waals surface area (Å²) in [5.41, 5.74) is -3.53. The maximum absolute atomic E-state index is 12.2. The molecule has 11 heteroatoms. The molecular formula is C15H17N3O8. The van der Waals surface area contributed by atoms with E-state index in [1.165, 1.54) is 0 Å². The van der Waals surface area contributed by atoms with Gasteiger partial charge in [-0.1, -0.05) is 20.8 Å². The number of ketones is 1. The molecule has 1 rings (SSSR count). The summed E-state index contributed by atoms with van der Waals surface area (Å²) in [4.78, 5) is 48.4. The maximum atomic E-state index is 12.2. The van der Waals surface area contributed by atoms with E-state index in [2.05, 4.69) is 10.2 Å². The molecule has 0 saturated carbocycles. The number of nitrogens with zero attached hydrogens (tertiary/aromatic N) is 2. The Kier molecular flexibility index (Phi) is 6.50. The number of anilines is 1. The molecule has 0 atom stereocenters. The zero-order valence-electron chi connectivity index (χ0n) is 14.2. The van der Waals surface area contributed by atoms with E-state index in [4.69, 9.17) is 5.26 Å². The summed E-state index contributed by atoms with van der Waals surface area (Å²) in [7, 11) is 0. The van der Waals surface area contributed by atoms with Crippen molar-refractivity contribution in [3.8, 4) is 0 Å². The fourth-order valence-corrected chi connectivity index (χ4v) is 1.86. The van der Waals surface area contributed by atoms with Gasteiger partial charge in [-0.25, -0.2) is 5.26 Å². The van der Waals surface area contributed by atoms with E-state index in [1.807, 2.05) is 0 Å². The van der Waals surface area contributed by atoms with Gasteiger partial charge in [-0.3, -0.25) is 29.8 Å². The highest BCUT2D eigenvalue weighted by atomic mass is 17.1. The summed E-state index contributed by atoms with van der Waals surface area (Å²) in [5.74, 6) is -1.61. The Morgan fingerprint density at radius 3 is 2.12 bits per heavy atom. The number of allylic oxidation sites excluding steroid dienone is 1. The molecule has 0 spiro atoms. The average molecular weight is 367 g/mol. The van der Waals surface area contributed by atoms with Crippen LogP contribution in [0.3, 0.4) is 0 Å². The highest BCUT2D eigenvalue weighted by Gasteiger charge is 2.32. The second-order valence-electron chi connectivity index (χ2n) is 5.87. The number of nitrogens with one attached hydrogen (secondary N) is 1. The molecule has 140 valence electrons. The quantitative estimate of drug-likeness (QED) is 0.177. The number of nitro benzene ring substituents is 2. The smallest absolute Gasteiger partial charge is 0.289 e. The van der Waals surface area contributed by atoms with Crippen molar-refractivity contribution in [2.24, 2.45) is 5.41 Å². The van der Waals surface area contributed by atoms with Gasteiger partial charge in [-0.15, -0.1) is 0 Å². The van der Waals surface area contributed by atoms with Gasteiger partial charge in [0.25, 0.3) is 11.4 Å². The lowest BCUT2D eigenvalue weighted by molar-refractivity contribution is -0.394. The second kappa shape index (κ2) is 8.16. The van der Waals surface area contributed by atoms with Crippen molar-refractivity contribution < 1.29 is 29.6 Å². The highest BCUT2D eigenvalue weighted by Crippen LogP contribution is 2.34. The van der Waals surface area contributed by atoms with Crippen LogP contribution < -0.4 is 5.32 Å². The SMILES string of the molecule is CCC(C)(C)C(=O)Nc1cc([N+](=O)[O-])c(C(=O)/C=C\OO)c([N+](=O)[O-])c1. The van der Waals surface area contributed by atoms with Gasteiger partial charge in [0, 0.05) is 23.6 Å². The van der Waals surface area contributed by atoms with Crippen LogP contribution in [-0.2, 0) is 9.68 Å². The molecule has 26 heavy (non-hydrogen) atoms. The number of nitro groups is 2. The lowest BCUT2D eigenvalue weighted by Crippen LogP contribution is -2.30. The van der Waals surface area contributed by atoms with Gasteiger partial charge >= 0.3 is 0 Å². The largest absolute Gasteiger partial charge is 0.348 e. The number of carbonyl (C=O) groups excluding carboxylic acids is 2. The van der Waals surface area contributed by atoms with Crippen LogP contribution >= 0.6 is 0 Å². The van der Waals surface area contributed by atoms with Crippen molar-refractivity contribution in [3.63, 3.8) is 0 Å². The van der Waals surface area contributed by atoms with Crippen LogP contribution in [0.5, 0.6) is 0 Å². The molecule has 0 unspecified atom stereocenters. The van der Waals surface area contributed by atoms with Crippen LogP contribution in [0.15, 0.2) is 24.5 Å². The fraction of sp³-hybridized carbons (Fsp3) is 0.333. The Bertz CT molecular complexity index is 750. The summed E-state index contributed by atoms with van der Waals surface area (Å²) in [6.07, 6.45) is 1.56. The molecule has 0 aliphatic carbocycles.